The minimum atomic E-state index is -0.736. The summed E-state index contributed by atoms with van der Waals surface area (Å²) in [6.45, 7) is 7.63. The van der Waals surface area contributed by atoms with Crippen molar-refractivity contribution in [1.29, 1.82) is 0 Å². The number of hydrogen-bond acceptors (Lipinski definition) is 7. The number of carbonyl (C=O) groups excluding carboxylic acids is 3. The van der Waals surface area contributed by atoms with Crippen molar-refractivity contribution in [3.05, 3.63) is 10.4 Å². The van der Waals surface area contributed by atoms with Gasteiger partial charge in [-0.3, -0.25) is 9.59 Å². The molecule has 0 bridgehead atoms. The largest absolute Gasteiger partial charge is 0.462 e. The minimum Gasteiger partial charge on any atom is -0.462 e. The number of azide groups is 1. The maximum atomic E-state index is 12.0. The van der Waals surface area contributed by atoms with Crippen LogP contribution < -0.4 is 5.32 Å². The Kier molecular flexibility index (Phi) is 7.05. The number of amides is 1. The summed E-state index contributed by atoms with van der Waals surface area (Å²) in [5.41, 5.74) is 8.00. The van der Waals surface area contributed by atoms with Crippen molar-refractivity contribution in [2.45, 2.75) is 77.4 Å². The van der Waals surface area contributed by atoms with Gasteiger partial charge in [0.25, 0.3) is 0 Å². The summed E-state index contributed by atoms with van der Waals surface area (Å²) in [4.78, 5) is 37.4. The van der Waals surface area contributed by atoms with Crippen LogP contribution in [0, 0.1) is 0 Å². The summed E-state index contributed by atoms with van der Waals surface area (Å²) in [6.07, 6.45) is -1.91. The molecule has 0 aromatic heterocycles. The fourth-order valence-electron chi connectivity index (χ4n) is 2.60. The Hall–Kier alpha value is -2.48. The third-order valence-electron chi connectivity index (χ3n) is 3.37. The Labute approximate surface area is 145 Å². The van der Waals surface area contributed by atoms with Gasteiger partial charge >= 0.3 is 18.0 Å². The van der Waals surface area contributed by atoms with E-state index in [9.17, 15) is 14.4 Å². The molecule has 1 aliphatic rings. The van der Waals surface area contributed by atoms with E-state index in [-0.39, 0.29) is 12.8 Å². The quantitative estimate of drug-likeness (QED) is 0.269. The summed E-state index contributed by atoms with van der Waals surface area (Å²) in [6, 6.07) is -1.34. The van der Waals surface area contributed by atoms with Crippen LogP contribution in [-0.2, 0) is 23.8 Å². The van der Waals surface area contributed by atoms with Crippen LogP contribution >= 0.6 is 0 Å². The lowest BCUT2D eigenvalue weighted by Crippen LogP contribution is -2.55. The maximum Gasteiger partial charge on any atom is 0.408 e. The zero-order valence-corrected chi connectivity index (χ0v) is 15.0. The van der Waals surface area contributed by atoms with Gasteiger partial charge in [0.15, 0.2) is 0 Å². The van der Waals surface area contributed by atoms with E-state index in [1.54, 1.807) is 20.8 Å². The van der Waals surface area contributed by atoms with Gasteiger partial charge < -0.3 is 19.5 Å². The van der Waals surface area contributed by atoms with Crippen LogP contribution in [0.25, 0.3) is 10.4 Å². The molecule has 1 aliphatic carbocycles. The van der Waals surface area contributed by atoms with Crippen molar-refractivity contribution < 1.29 is 28.6 Å². The van der Waals surface area contributed by atoms with Crippen molar-refractivity contribution in [2.75, 3.05) is 0 Å². The summed E-state index contributed by atoms with van der Waals surface area (Å²) in [7, 11) is 0. The highest BCUT2D eigenvalue weighted by Crippen LogP contribution is 2.28. The van der Waals surface area contributed by atoms with Gasteiger partial charge in [0, 0.05) is 25.2 Å². The second kappa shape index (κ2) is 8.57. The Balaban J connectivity index is 2.95. The molecule has 4 atom stereocenters. The molecular weight excluding hydrogens is 332 g/mol. The van der Waals surface area contributed by atoms with Crippen molar-refractivity contribution in [3.63, 3.8) is 0 Å². The molecule has 0 aromatic rings. The number of rotatable bonds is 4. The standard InChI is InChI=1S/C15H24N4O6/c1-8(20)23-12-7-11(18-19-16)13(24-9(2)21)6-10(12)17-14(22)25-15(3,4)5/h10-13H,6-7H2,1-5H3,(H,17,22)/t10-,11-,12-,13-/m1/s1. The van der Waals surface area contributed by atoms with Crippen molar-refractivity contribution >= 4 is 18.0 Å². The highest BCUT2D eigenvalue weighted by molar-refractivity contribution is 5.69. The van der Waals surface area contributed by atoms with Crippen LogP contribution in [0.3, 0.4) is 0 Å². The lowest BCUT2D eigenvalue weighted by Gasteiger charge is -2.38. The second-order valence-corrected chi connectivity index (χ2v) is 6.79. The molecule has 25 heavy (non-hydrogen) atoms. The molecule has 1 saturated carbocycles. The Morgan fingerprint density at radius 1 is 1.08 bits per heavy atom. The molecule has 10 heteroatoms. The molecular formula is C15H24N4O6. The normalized spacial score (nSPS) is 26.0. The predicted molar refractivity (Wildman–Crippen MR) is 86.4 cm³/mol. The van der Waals surface area contributed by atoms with Gasteiger partial charge in [-0.2, -0.15) is 0 Å². The zero-order valence-electron chi connectivity index (χ0n) is 15.0. The van der Waals surface area contributed by atoms with Gasteiger partial charge in [0.05, 0.1) is 12.1 Å². The first-order chi connectivity index (χ1) is 11.5. The van der Waals surface area contributed by atoms with Crippen LogP contribution in [0.2, 0.25) is 0 Å². The second-order valence-electron chi connectivity index (χ2n) is 6.79. The topological polar surface area (TPSA) is 140 Å². The summed E-state index contributed by atoms with van der Waals surface area (Å²) < 4.78 is 15.6. The number of nitrogens with one attached hydrogen (secondary N) is 1. The first kappa shape index (κ1) is 20.6. The minimum absolute atomic E-state index is 0.113. The smallest absolute Gasteiger partial charge is 0.408 e. The molecule has 140 valence electrons. The number of alkyl carbamates (subject to hydrolysis) is 1. The highest BCUT2D eigenvalue weighted by Gasteiger charge is 2.41. The van der Waals surface area contributed by atoms with Gasteiger partial charge in [-0.1, -0.05) is 5.11 Å². The van der Waals surface area contributed by atoms with Crippen LogP contribution in [0.4, 0.5) is 4.79 Å². The lowest BCUT2D eigenvalue weighted by molar-refractivity contribution is -0.158. The van der Waals surface area contributed by atoms with Gasteiger partial charge in [-0.05, 0) is 32.7 Å². The first-order valence-electron chi connectivity index (χ1n) is 7.90. The molecule has 0 heterocycles. The van der Waals surface area contributed by atoms with Crippen molar-refractivity contribution in [2.24, 2.45) is 5.11 Å². The molecule has 1 rings (SSSR count). The summed E-state index contributed by atoms with van der Waals surface area (Å²) in [5, 5.41) is 6.25. The monoisotopic (exact) mass is 356 g/mol. The Morgan fingerprint density at radius 3 is 2.12 bits per heavy atom. The van der Waals surface area contributed by atoms with Gasteiger partial charge in [-0.15, -0.1) is 0 Å². The van der Waals surface area contributed by atoms with E-state index >= 15 is 0 Å². The molecule has 0 aliphatic heterocycles. The molecule has 0 radical (unpaired) electrons. The van der Waals surface area contributed by atoms with E-state index in [0.717, 1.165) is 0 Å². The van der Waals surface area contributed by atoms with Gasteiger partial charge in [0.2, 0.25) is 0 Å². The molecule has 0 unspecified atom stereocenters. The number of nitrogens with zero attached hydrogens (tertiary/aromatic N) is 3. The summed E-state index contributed by atoms with van der Waals surface area (Å²) in [5.74, 6) is -1.07. The molecule has 10 nitrogen and oxygen atoms in total. The van der Waals surface area contributed by atoms with E-state index in [2.05, 4.69) is 15.3 Å². The van der Waals surface area contributed by atoms with E-state index in [1.807, 2.05) is 0 Å². The highest BCUT2D eigenvalue weighted by atomic mass is 16.6. The van der Waals surface area contributed by atoms with Crippen LogP contribution in [-0.4, -0.2) is 47.9 Å². The van der Waals surface area contributed by atoms with E-state index in [1.165, 1.54) is 13.8 Å². The molecule has 1 fully saturated rings. The third-order valence-corrected chi connectivity index (χ3v) is 3.37. The molecule has 0 saturated heterocycles. The van der Waals surface area contributed by atoms with Crippen molar-refractivity contribution in [1.82, 2.24) is 5.32 Å². The molecule has 1 N–H and O–H groups in total. The fourth-order valence-corrected chi connectivity index (χ4v) is 2.60. The molecule has 1 amide bonds. The van der Waals surface area contributed by atoms with Crippen LogP contribution in [0.5, 0.6) is 0 Å². The molecule has 0 spiro atoms. The Morgan fingerprint density at radius 2 is 1.64 bits per heavy atom. The predicted octanol–water partition coefficient (Wildman–Crippen LogP) is 2.22. The SMILES string of the molecule is CC(=O)O[C@@H]1C[C@@H](NC(=O)OC(C)(C)C)[C@H](OC(C)=O)C[C@H]1N=[N+]=[N-]. The van der Waals surface area contributed by atoms with Gasteiger partial charge in [-0.25, -0.2) is 4.79 Å². The number of ether oxygens (including phenoxy) is 3. The first-order valence-corrected chi connectivity index (χ1v) is 7.90. The zero-order chi connectivity index (χ0) is 19.2. The van der Waals surface area contributed by atoms with E-state index in [4.69, 9.17) is 19.7 Å². The molecule has 0 aromatic carbocycles. The number of esters is 2. The van der Waals surface area contributed by atoms with Crippen LogP contribution in [0.1, 0.15) is 47.5 Å². The number of hydrogen-bond donors (Lipinski definition) is 1. The average molecular weight is 356 g/mol. The van der Waals surface area contributed by atoms with Crippen molar-refractivity contribution in [3.8, 4) is 0 Å². The average Bonchev–Trinajstić information content (AvgIpc) is 2.40. The third kappa shape index (κ3) is 7.30. The summed E-state index contributed by atoms with van der Waals surface area (Å²) >= 11 is 0. The fraction of sp³-hybridized carbons (Fsp3) is 0.800. The maximum absolute atomic E-state index is 12.0. The van der Waals surface area contributed by atoms with E-state index in [0.29, 0.717) is 0 Å². The van der Waals surface area contributed by atoms with E-state index < -0.39 is 47.9 Å². The lowest BCUT2D eigenvalue weighted by atomic mass is 9.86. The number of carbonyl (C=O) groups is 3. The Bertz CT molecular complexity index is 567. The van der Waals surface area contributed by atoms with Crippen LogP contribution in [0.15, 0.2) is 5.11 Å². The van der Waals surface area contributed by atoms with Gasteiger partial charge in [0.1, 0.15) is 17.8 Å².